The van der Waals surface area contributed by atoms with Crippen molar-refractivity contribution in [1.82, 2.24) is 0 Å². The first-order valence-corrected chi connectivity index (χ1v) is 6.03. The summed E-state index contributed by atoms with van der Waals surface area (Å²) in [6.07, 6.45) is 1.59. The molecule has 0 N–H and O–H groups in total. The standard InChI is InChI=1S/C12H8N2O3S/c13-7-9-6-11(3-4-12(9)14(15)16)18-8-10-2-1-5-17-10/h1-6H,8H2. The van der Waals surface area contributed by atoms with Crippen molar-refractivity contribution in [3.05, 3.63) is 58.0 Å². The van der Waals surface area contributed by atoms with Crippen LogP contribution in [0.25, 0.3) is 0 Å². The first-order valence-electron chi connectivity index (χ1n) is 5.04. The summed E-state index contributed by atoms with van der Waals surface area (Å²) in [6, 6.07) is 9.98. The van der Waals surface area contributed by atoms with Gasteiger partial charge in [-0.15, -0.1) is 11.8 Å². The van der Waals surface area contributed by atoms with Crippen molar-refractivity contribution in [3.8, 4) is 6.07 Å². The first-order chi connectivity index (χ1) is 8.70. The fraction of sp³-hybridized carbons (Fsp3) is 0.0833. The first kappa shape index (κ1) is 12.2. The Kier molecular flexibility index (Phi) is 3.65. The van der Waals surface area contributed by atoms with E-state index in [9.17, 15) is 10.1 Å². The van der Waals surface area contributed by atoms with Crippen LogP contribution in [0, 0.1) is 21.4 Å². The van der Waals surface area contributed by atoms with E-state index in [1.807, 2.05) is 12.1 Å². The van der Waals surface area contributed by atoms with Crippen molar-refractivity contribution in [3.63, 3.8) is 0 Å². The number of hydrogen-bond acceptors (Lipinski definition) is 5. The van der Waals surface area contributed by atoms with Gasteiger partial charge in [-0.2, -0.15) is 5.26 Å². The summed E-state index contributed by atoms with van der Waals surface area (Å²) in [5.74, 6) is 1.44. The average molecular weight is 260 g/mol. The fourth-order valence-corrected chi connectivity index (χ4v) is 2.24. The fourth-order valence-electron chi connectivity index (χ4n) is 1.40. The van der Waals surface area contributed by atoms with Crippen LogP contribution < -0.4 is 0 Å². The summed E-state index contributed by atoms with van der Waals surface area (Å²) in [5, 5.41) is 19.5. The smallest absolute Gasteiger partial charge is 0.287 e. The predicted octanol–water partition coefficient (Wildman–Crippen LogP) is 3.35. The lowest BCUT2D eigenvalue weighted by molar-refractivity contribution is -0.385. The maximum absolute atomic E-state index is 10.7. The van der Waals surface area contributed by atoms with Gasteiger partial charge in [0.05, 0.1) is 16.9 Å². The van der Waals surface area contributed by atoms with Crippen molar-refractivity contribution in [1.29, 1.82) is 5.26 Å². The minimum absolute atomic E-state index is 0.0736. The molecule has 0 saturated carbocycles. The van der Waals surface area contributed by atoms with Crippen LogP contribution in [-0.2, 0) is 5.75 Å². The molecule has 2 rings (SSSR count). The van der Waals surface area contributed by atoms with Crippen molar-refractivity contribution in [2.75, 3.05) is 0 Å². The lowest BCUT2D eigenvalue weighted by Crippen LogP contribution is -1.92. The average Bonchev–Trinajstić information content (AvgIpc) is 2.88. The maximum atomic E-state index is 10.7. The number of benzene rings is 1. The Hall–Kier alpha value is -2.26. The van der Waals surface area contributed by atoms with E-state index in [2.05, 4.69) is 0 Å². The molecular formula is C12H8N2O3S. The monoisotopic (exact) mass is 260 g/mol. The number of hydrogen-bond donors (Lipinski definition) is 0. The molecule has 6 heteroatoms. The molecule has 0 radical (unpaired) electrons. The summed E-state index contributed by atoms with van der Waals surface area (Å²) >= 11 is 1.46. The molecule has 0 spiro atoms. The Bertz CT molecular complexity index is 602. The molecule has 0 aliphatic carbocycles. The van der Waals surface area contributed by atoms with Gasteiger partial charge in [0.15, 0.2) is 0 Å². The highest BCUT2D eigenvalue weighted by Crippen LogP contribution is 2.27. The second-order valence-corrected chi connectivity index (χ2v) is 4.46. The van der Waals surface area contributed by atoms with E-state index in [1.165, 1.54) is 23.9 Å². The van der Waals surface area contributed by atoms with Gasteiger partial charge in [-0.3, -0.25) is 10.1 Å². The third-order valence-corrected chi connectivity index (χ3v) is 3.26. The molecule has 1 heterocycles. The number of thioether (sulfide) groups is 1. The Balaban J connectivity index is 2.15. The highest BCUT2D eigenvalue weighted by atomic mass is 32.2. The van der Waals surface area contributed by atoms with E-state index in [0.717, 1.165) is 10.7 Å². The minimum atomic E-state index is -0.556. The number of furan rings is 1. The normalized spacial score (nSPS) is 9.94. The number of nitriles is 1. The topological polar surface area (TPSA) is 80.1 Å². The molecule has 0 fully saturated rings. The molecule has 0 saturated heterocycles. The van der Waals surface area contributed by atoms with E-state index in [1.54, 1.807) is 18.4 Å². The minimum Gasteiger partial charge on any atom is -0.468 e. The van der Waals surface area contributed by atoms with E-state index < -0.39 is 4.92 Å². The van der Waals surface area contributed by atoms with Crippen LogP contribution in [0.5, 0.6) is 0 Å². The van der Waals surface area contributed by atoms with Gasteiger partial charge in [-0.1, -0.05) is 0 Å². The second-order valence-electron chi connectivity index (χ2n) is 3.42. The zero-order valence-corrected chi connectivity index (χ0v) is 10.0. The molecule has 0 amide bonds. The number of nitrogens with zero attached hydrogens (tertiary/aromatic N) is 2. The van der Waals surface area contributed by atoms with Crippen LogP contribution >= 0.6 is 11.8 Å². The molecule has 1 aromatic heterocycles. The summed E-state index contributed by atoms with van der Waals surface area (Å²) in [5.41, 5.74) is -0.0932. The molecule has 1 aromatic carbocycles. The Labute approximate surface area is 107 Å². The predicted molar refractivity (Wildman–Crippen MR) is 66.1 cm³/mol. The highest BCUT2D eigenvalue weighted by Gasteiger charge is 2.13. The van der Waals surface area contributed by atoms with Gasteiger partial charge in [0, 0.05) is 11.0 Å². The molecular weight excluding hydrogens is 252 g/mol. The van der Waals surface area contributed by atoms with Gasteiger partial charge in [0.2, 0.25) is 0 Å². The maximum Gasteiger partial charge on any atom is 0.287 e. The second kappa shape index (κ2) is 5.38. The molecule has 18 heavy (non-hydrogen) atoms. The van der Waals surface area contributed by atoms with Crippen molar-refractivity contribution >= 4 is 17.4 Å². The van der Waals surface area contributed by atoms with Gasteiger partial charge in [0.1, 0.15) is 17.4 Å². The summed E-state index contributed by atoms with van der Waals surface area (Å²) < 4.78 is 5.18. The molecule has 90 valence electrons. The van der Waals surface area contributed by atoms with E-state index in [0.29, 0.717) is 5.75 Å². The Morgan fingerprint density at radius 1 is 1.44 bits per heavy atom. The summed E-state index contributed by atoms with van der Waals surface area (Å²) in [7, 11) is 0. The van der Waals surface area contributed by atoms with Crippen molar-refractivity contribution < 1.29 is 9.34 Å². The van der Waals surface area contributed by atoms with Crippen LogP contribution in [0.1, 0.15) is 11.3 Å². The Morgan fingerprint density at radius 3 is 2.89 bits per heavy atom. The van der Waals surface area contributed by atoms with E-state index in [-0.39, 0.29) is 11.3 Å². The number of nitro groups is 1. The molecule has 5 nitrogen and oxygen atoms in total. The van der Waals surface area contributed by atoms with E-state index >= 15 is 0 Å². The van der Waals surface area contributed by atoms with Crippen LogP contribution in [-0.4, -0.2) is 4.92 Å². The van der Waals surface area contributed by atoms with Crippen LogP contribution in [0.3, 0.4) is 0 Å². The molecule has 0 atom stereocenters. The van der Waals surface area contributed by atoms with Gasteiger partial charge in [-0.25, -0.2) is 0 Å². The molecule has 0 bridgehead atoms. The van der Waals surface area contributed by atoms with Crippen LogP contribution in [0.15, 0.2) is 45.9 Å². The van der Waals surface area contributed by atoms with Gasteiger partial charge < -0.3 is 4.42 Å². The third-order valence-electron chi connectivity index (χ3n) is 2.25. The van der Waals surface area contributed by atoms with E-state index in [4.69, 9.17) is 9.68 Å². The molecule has 2 aromatic rings. The van der Waals surface area contributed by atoms with Crippen LogP contribution in [0.2, 0.25) is 0 Å². The largest absolute Gasteiger partial charge is 0.468 e. The van der Waals surface area contributed by atoms with Crippen molar-refractivity contribution in [2.24, 2.45) is 0 Å². The molecule has 0 aliphatic rings. The molecule has 0 aliphatic heterocycles. The number of nitro benzene ring substituents is 1. The van der Waals surface area contributed by atoms with Crippen LogP contribution in [0.4, 0.5) is 5.69 Å². The summed E-state index contributed by atoms with van der Waals surface area (Å²) in [6.45, 7) is 0. The third kappa shape index (κ3) is 2.70. The lowest BCUT2D eigenvalue weighted by atomic mass is 10.2. The quantitative estimate of drug-likeness (QED) is 0.478. The Morgan fingerprint density at radius 2 is 2.28 bits per heavy atom. The molecule has 0 unspecified atom stereocenters. The zero-order chi connectivity index (χ0) is 13.0. The zero-order valence-electron chi connectivity index (χ0n) is 9.20. The van der Waals surface area contributed by atoms with Crippen molar-refractivity contribution in [2.45, 2.75) is 10.6 Å². The highest BCUT2D eigenvalue weighted by molar-refractivity contribution is 7.98. The SMILES string of the molecule is N#Cc1cc(SCc2ccco2)ccc1[N+](=O)[O-]. The van der Waals surface area contributed by atoms with Gasteiger partial charge in [-0.05, 0) is 24.3 Å². The van der Waals surface area contributed by atoms with Gasteiger partial charge in [0.25, 0.3) is 5.69 Å². The lowest BCUT2D eigenvalue weighted by Gasteiger charge is -2.00. The number of rotatable bonds is 4. The van der Waals surface area contributed by atoms with Gasteiger partial charge >= 0.3 is 0 Å². The summed E-state index contributed by atoms with van der Waals surface area (Å²) in [4.78, 5) is 10.9.